The Labute approximate surface area is 125 Å². The molecule has 5 nitrogen and oxygen atoms in total. The van der Waals surface area contributed by atoms with E-state index >= 15 is 0 Å². The van der Waals surface area contributed by atoms with E-state index in [2.05, 4.69) is 35.7 Å². The molecule has 1 aromatic carbocycles. The molecule has 1 aromatic heterocycles. The molecule has 2 aromatic rings. The van der Waals surface area contributed by atoms with Gasteiger partial charge in [0.05, 0.1) is 11.1 Å². The molecule has 0 bridgehead atoms. The molecule has 0 spiro atoms. The predicted molar refractivity (Wildman–Crippen MR) is 82.6 cm³/mol. The number of hydrogen-bond acceptors (Lipinski definition) is 3. The van der Waals surface area contributed by atoms with Crippen LogP contribution in [-0.2, 0) is 21.9 Å². The number of sulfonamides is 1. The van der Waals surface area contributed by atoms with Crippen molar-refractivity contribution in [3.05, 3.63) is 47.8 Å². The van der Waals surface area contributed by atoms with Crippen LogP contribution >= 0.6 is 0 Å². The number of H-pyrrole nitrogens is 1. The molecule has 0 aliphatic rings. The van der Waals surface area contributed by atoms with Crippen LogP contribution in [0.5, 0.6) is 0 Å². The van der Waals surface area contributed by atoms with Crippen molar-refractivity contribution in [2.45, 2.75) is 37.5 Å². The summed E-state index contributed by atoms with van der Waals surface area (Å²) in [6.45, 7) is 6.64. The number of benzene rings is 1. The third-order valence-electron chi connectivity index (χ3n) is 3.29. The smallest absolute Gasteiger partial charge is 0.240 e. The van der Waals surface area contributed by atoms with Gasteiger partial charge in [-0.15, -0.1) is 0 Å². The number of rotatable bonds is 5. The normalized spacial score (nSPS) is 12.5. The van der Waals surface area contributed by atoms with Gasteiger partial charge in [0.1, 0.15) is 0 Å². The van der Waals surface area contributed by atoms with Gasteiger partial charge in [-0.2, -0.15) is 5.10 Å². The molecule has 2 rings (SSSR count). The highest BCUT2D eigenvalue weighted by atomic mass is 32.2. The van der Waals surface area contributed by atoms with Crippen LogP contribution in [0.1, 0.15) is 31.9 Å². The molecule has 2 N–H and O–H groups in total. The molecule has 0 fully saturated rings. The van der Waals surface area contributed by atoms with E-state index in [1.807, 2.05) is 12.1 Å². The van der Waals surface area contributed by atoms with Crippen molar-refractivity contribution in [3.63, 3.8) is 0 Å². The van der Waals surface area contributed by atoms with Crippen LogP contribution in [-0.4, -0.2) is 25.2 Å². The van der Waals surface area contributed by atoms with E-state index in [0.717, 1.165) is 11.1 Å². The Morgan fingerprint density at radius 1 is 1.19 bits per heavy atom. The summed E-state index contributed by atoms with van der Waals surface area (Å²) in [5, 5.41) is 6.53. The highest BCUT2D eigenvalue weighted by Gasteiger charge is 2.17. The minimum absolute atomic E-state index is 0.0109. The molecule has 0 aliphatic heterocycles. The Hall–Kier alpha value is -1.66. The minimum Gasteiger partial charge on any atom is -0.285 e. The average molecular weight is 307 g/mol. The fourth-order valence-corrected chi connectivity index (χ4v) is 2.99. The van der Waals surface area contributed by atoms with Crippen LogP contribution in [0, 0.1) is 0 Å². The van der Waals surface area contributed by atoms with Crippen molar-refractivity contribution in [3.8, 4) is 0 Å². The van der Waals surface area contributed by atoms with Crippen LogP contribution in [0.25, 0.3) is 0 Å². The SMILES string of the molecule is CC(C)(C)c1ccc(S(=O)(=O)NCCc2cn[nH]c2)cc1. The fourth-order valence-electron chi connectivity index (χ4n) is 1.96. The molecule has 0 atom stereocenters. The third kappa shape index (κ3) is 4.15. The van der Waals surface area contributed by atoms with Crippen molar-refractivity contribution in [2.75, 3.05) is 6.54 Å². The Morgan fingerprint density at radius 2 is 1.86 bits per heavy atom. The van der Waals surface area contributed by atoms with Crippen LogP contribution < -0.4 is 4.72 Å². The van der Waals surface area contributed by atoms with Crippen LogP contribution in [0.15, 0.2) is 41.6 Å². The first-order valence-corrected chi connectivity index (χ1v) is 8.35. The monoisotopic (exact) mass is 307 g/mol. The second-order valence-electron chi connectivity index (χ2n) is 6.03. The maximum atomic E-state index is 12.2. The van der Waals surface area contributed by atoms with Gasteiger partial charge in [0.15, 0.2) is 0 Å². The Bertz CT molecular complexity index is 669. The number of nitrogens with one attached hydrogen (secondary N) is 2. The van der Waals surface area contributed by atoms with Gasteiger partial charge in [-0.3, -0.25) is 5.10 Å². The summed E-state index contributed by atoms with van der Waals surface area (Å²) in [6.07, 6.45) is 4.05. The van der Waals surface area contributed by atoms with Gasteiger partial charge in [0.2, 0.25) is 10.0 Å². The number of aromatic nitrogens is 2. The number of nitrogens with zero attached hydrogens (tertiary/aromatic N) is 1. The van der Waals surface area contributed by atoms with E-state index in [1.54, 1.807) is 24.5 Å². The molecule has 0 saturated heterocycles. The number of aromatic amines is 1. The molecule has 0 unspecified atom stereocenters. The molecule has 0 saturated carbocycles. The minimum atomic E-state index is -3.46. The van der Waals surface area contributed by atoms with Gasteiger partial charge in [0, 0.05) is 12.7 Å². The van der Waals surface area contributed by atoms with E-state index in [9.17, 15) is 8.42 Å². The van der Waals surface area contributed by atoms with E-state index < -0.39 is 10.0 Å². The zero-order valence-corrected chi connectivity index (χ0v) is 13.4. The van der Waals surface area contributed by atoms with E-state index in [4.69, 9.17) is 0 Å². The first-order chi connectivity index (χ1) is 9.79. The molecule has 1 heterocycles. The van der Waals surface area contributed by atoms with Gasteiger partial charge >= 0.3 is 0 Å². The second kappa shape index (κ2) is 5.99. The lowest BCUT2D eigenvalue weighted by molar-refractivity contribution is 0.578. The molecule has 21 heavy (non-hydrogen) atoms. The van der Waals surface area contributed by atoms with E-state index in [1.165, 1.54) is 0 Å². The molecule has 0 amide bonds. The second-order valence-corrected chi connectivity index (χ2v) is 7.80. The zero-order valence-electron chi connectivity index (χ0n) is 12.6. The summed E-state index contributed by atoms with van der Waals surface area (Å²) < 4.78 is 27.0. The fraction of sp³-hybridized carbons (Fsp3) is 0.400. The standard InChI is InChI=1S/C15H21N3O2S/c1-15(2,3)13-4-6-14(7-5-13)21(19,20)18-9-8-12-10-16-17-11-12/h4-7,10-11,18H,8-9H2,1-3H3,(H,16,17). The van der Waals surface area contributed by atoms with Crippen molar-refractivity contribution >= 4 is 10.0 Å². The molecular weight excluding hydrogens is 286 g/mol. The summed E-state index contributed by atoms with van der Waals surface area (Å²) in [7, 11) is -3.46. The predicted octanol–water partition coefficient (Wildman–Crippen LogP) is 2.23. The first-order valence-electron chi connectivity index (χ1n) is 6.87. The lowest BCUT2D eigenvalue weighted by Gasteiger charge is -2.19. The summed E-state index contributed by atoms with van der Waals surface area (Å²) in [5.74, 6) is 0. The van der Waals surface area contributed by atoms with Crippen molar-refractivity contribution in [1.82, 2.24) is 14.9 Å². The maximum Gasteiger partial charge on any atom is 0.240 e. The summed E-state index contributed by atoms with van der Waals surface area (Å²) >= 11 is 0. The van der Waals surface area contributed by atoms with Gasteiger partial charge < -0.3 is 0 Å². The molecule has 6 heteroatoms. The maximum absolute atomic E-state index is 12.2. The Kier molecular flexibility index (Phi) is 4.49. The molecule has 0 radical (unpaired) electrons. The van der Waals surface area contributed by atoms with Gasteiger partial charge in [0.25, 0.3) is 0 Å². The number of hydrogen-bond donors (Lipinski definition) is 2. The highest BCUT2D eigenvalue weighted by Crippen LogP contribution is 2.23. The largest absolute Gasteiger partial charge is 0.285 e. The van der Waals surface area contributed by atoms with Gasteiger partial charge in [-0.25, -0.2) is 13.1 Å². The van der Waals surface area contributed by atoms with Crippen LogP contribution in [0.2, 0.25) is 0 Å². The van der Waals surface area contributed by atoms with Crippen LogP contribution in [0.4, 0.5) is 0 Å². The highest BCUT2D eigenvalue weighted by molar-refractivity contribution is 7.89. The summed E-state index contributed by atoms with van der Waals surface area (Å²) in [5.41, 5.74) is 2.09. The topological polar surface area (TPSA) is 74.8 Å². The van der Waals surface area contributed by atoms with Crippen molar-refractivity contribution in [1.29, 1.82) is 0 Å². The van der Waals surface area contributed by atoms with Gasteiger partial charge in [-0.1, -0.05) is 32.9 Å². The molecule has 114 valence electrons. The van der Waals surface area contributed by atoms with Crippen molar-refractivity contribution < 1.29 is 8.42 Å². The molecule has 0 aliphatic carbocycles. The van der Waals surface area contributed by atoms with Gasteiger partial charge in [-0.05, 0) is 35.1 Å². The Morgan fingerprint density at radius 3 is 2.38 bits per heavy atom. The van der Waals surface area contributed by atoms with E-state index in [0.29, 0.717) is 17.9 Å². The lowest BCUT2D eigenvalue weighted by Crippen LogP contribution is -2.26. The van der Waals surface area contributed by atoms with E-state index in [-0.39, 0.29) is 5.41 Å². The molecular formula is C15H21N3O2S. The third-order valence-corrected chi connectivity index (χ3v) is 4.77. The first kappa shape index (κ1) is 15.7. The van der Waals surface area contributed by atoms with Crippen molar-refractivity contribution in [2.24, 2.45) is 0 Å². The average Bonchev–Trinajstić information content (AvgIpc) is 2.91. The zero-order chi connectivity index (χ0) is 15.5. The van der Waals surface area contributed by atoms with Crippen LogP contribution in [0.3, 0.4) is 0 Å². The lowest BCUT2D eigenvalue weighted by atomic mass is 9.87. The Balaban J connectivity index is 2.02. The quantitative estimate of drug-likeness (QED) is 0.889. The summed E-state index contributed by atoms with van der Waals surface area (Å²) in [4.78, 5) is 0.294. The summed E-state index contributed by atoms with van der Waals surface area (Å²) in [6, 6.07) is 7.04.